The van der Waals surface area contributed by atoms with Gasteiger partial charge in [0.05, 0.1) is 25.1 Å². The summed E-state index contributed by atoms with van der Waals surface area (Å²) in [6.07, 6.45) is 0.293. The third-order valence-corrected chi connectivity index (χ3v) is 6.62. The van der Waals surface area contributed by atoms with Gasteiger partial charge in [-0.2, -0.15) is 0 Å². The normalized spacial score (nSPS) is 22.7. The number of phenolic OH excluding ortho intramolecular Hbond substituents is 1. The summed E-state index contributed by atoms with van der Waals surface area (Å²) in [5.41, 5.74) is 13.7. The molecular formula is C20H26N7O7P. The molecule has 1 aliphatic rings. The van der Waals surface area contributed by atoms with E-state index in [0.717, 1.165) is 0 Å². The van der Waals surface area contributed by atoms with Gasteiger partial charge in [-0.25, -0.2) is 19.5 Å². The fraction of sp³-hybridized carbons (Fsp3) is 0.400. The van der Waals surface area contributed by atoms with Crippen LogP contribution >= 0.6 is 7.75 Å². The zero-order valence-corrected chi connectivity index (χ0v) is 19.6. The number of aromatic hydroxyl groups is 1. The van der Waals surface area contributed by atoms with Crippen LogP contribution in [0.2, 0.25) is 0 Å². The molecule has 15 heteroatoms. The average Bonchev–Trinajstić information content (AvgIpc) is 3.38. The number of anilines is 1. The van der Waals surface area contributed by atoms with Crippen LogP contribution in [0.25, 0.3) is 11.2 Å². The number of hydrogen-bond acceptors (Lipinski definition) is 11. The molecule has 0 bridgehead atoms. The molecule has 14 nitrogen and oxygen atoms in total. The van der Waals surface area contributed by atoms with E-state index in [1.165, 1.54) is 18.7 Å². The van der Waals surface area contributed by atoms with Gasteiger partial charge in [-0.15, -0.1) is 0 Å². The molecule has 1 fully saturated rings. The molecule has 3 heterocycles. The zero-order chi connectivity index (χ0) is 25.3. The zero-order valence-electron chi connectivity index (χ0n) is 18.7. The molecule has 1 aromatic carbocycles. The number of nitrogens with one attached hydrogen (secondary N) is 1. The number of aromatic nitrogens is 4. The van der Waals surface area contributed by atoms with Crippen LogP contribution in [-0.2, 0) is 25.0 Å². The van der Waals surface area contributed by atoms with Crippen molar-refractivity contribution >= 4 is 30.6 Å². The minimum Gasteiger partial charge on any atom is -0.508 e. The number of nitrogens with zero attached hydrogens (tertiary/aromatic N) is 4. The van der Waals surface area contributed by atoms with Crippen LogP contribution in [-0.4, -0.2) is 65.4 Å². The molecule has 4 rings (SSSR count). The van der Waals surface area contributed by atoms with E-state index in [2.05, 4.69) is 15.0 Å². The smallest absolute Gasteiger partial charge is 0.432 e. The predicted molar refractivity (Wildman–Crippen MR) is 123 cm³/mol. The molecule has 5 atom stereocenters. The van der Waals surface area contributed by atoms with E-state index in [0.29, 0.717) is 22.3 Å². The summed E-state index contributed by atoms with van der Waals surface area (Å²) in [6, 6.07) is 3.61. The van der Waals surface area contributed by atoms with E-state index in [1.54, 1.807) is 23.6 Å². The molecule has 2 aromatic heterocycles. The molecule has 35 heavy (non-hydrogen) atoms. The van der Waals surface area contributed by atoms with Crippen molar-refractivity contribution in [3.63, 3.8) is 0 Å². The molecule has 0 radical (unpaired) electrons. The number of benzene rings is 1. The van der Waals surface area contributed by atoms with Gasteiger partial charge in [-0.1, -0.05) is 12.1 Å². The van der Waals surface area contributed by atoms with Gasteiger partial charge in [0, 0.05) is 6.42 Å². The Morgan fingerprint density at radius 1 is 1.40 bits per heavy atom. The van der Waals surface area contributed by atoms with E-state index in [9.17, 15) is 24.5 Å². The van der Waals surface area contributed by atoms with Gasteiger partial charge in [0.2, 0.25) is 5.91 Å². The van der Waals surface area contributed by atoms with Crippen LogP contribution in [0, 0.1) is 6.92 Å². The van der Waals surface area contributed by atoms with E-state index in [4.69, 9.17) is 20.7 Å². The van der Waals surface area contributed by atoms with Gasteiger partial charge < -0.3 is 31.3 Å². The SMILES string of the molecule is Cc1cc(C[C@H](N)C(=O)NP(=O)(O)OC[C@H]2O[C@@H](n3cnc4c(N)ncnc43)C[C@@H]2O)ccc1O. The number of aliphatic hydroxyl groups excluding tert-OH is 1. The molecular weight excluding hydrogens is 481 g/mol. The van der Waals surface area contributed by atoms with E-state index >= 15 is 0 Å². The van der Waals surface area contributed by atoms with Gasteiger partial charge in [-0.3, -0.25) is 19.0 Å². The molecule has 0 aliphatic carbocycles. The number of amides is 1. The van der Waals surface area contributed by atoms with Crippen molar-refractivity contribution in [2.75, 3.05) is 12.3 Å². The molecule has 8 N–H and O–H groups in total. The Labute approximate surface area is 199 Å². The number of ether oxygens (including phenoxy) is 1. The quantitative estimate of drug-likeness (QED) is 0.220. The fourth-order valence-corrected chi connectivity index (χ4v) is 4.59. The largest absolute Gasteiger partial charge is 0.508 e. The molecule has 0 saturated carbocycles. The number of carbonyl (C=O) groups excluding carboxylic acids is 1. The Balaban J connectivity index is 1.32. The highest BCUT2D eigenvalue weighted by molar-refractivity contribution is 7.51. The molecule has 0 spiro atoms. The van der Waals surface area contributed by atoms with Crippen molar-refractivity contribution in [1.29, 1.82) is 0 Å². The lowest BCUT2D eigenvalue weighted by Crippen LogP contribution is -2.41. The number of hydrogen-bond donors (Lipinski definition) is 6. The topological polar surface area (TPSA) is 221 Å². The van der Waals surface area contributed by atoms with E-state index in [-0.39, 0.29) is 24.4 Å². The van der Waals surface area contributed by atoms with Gasteiger partial charge in [-0.05, 0) is 30.5 Å². The van der Waals surface area contributed by atoms with Gasteiger partial charge >= 0.3 is 7.75 Å². The summed E-state index contributed by atoms with van der Waals surface area (Å²) in [5, 5.41) is 21.9. The Bertz CT molecular complexity index is 1290. The summed E-state index contributed by atoms with van der Waals surface area (Å²) in [7, 11) is -4.60. The van der Waals surface area contributed by atoms with E-state index in [1.807, 2.05) is 5.09 Å². The number of carbonyl (C=O) groups is 1. The van der Waals surface area contributed by atoms with Crippen molar-refractivity contribution in [3.05, 3.63) is 42.0 Å². The second-order valence-electron chi connectivity index (χ2n) is 8.24. The highest BCUT2D eigenvalue weighted by atomic mass is 31.2. The second kappa shape index (κ2) is 9.85. The molecule has 3 aromatic rings. The van der Waals surface area contributed by atoms with E-state index < -0.39 is 44.7 Å². The van der Waals surface area contributed by atoms with Crippen molar-refractivity contribution in [2.24, 2.45) is 5.73 Å². The lowest BCUT2D eigenvalue weighted by molar-refractivity contribution is -0.121. The van der Waals surface area contributed by atoms with Crippen molar-refractivity contribution in [2.45, 2.75) is 44.2 Å². The summed E-state index contributed by atoms with van der Waals surface area (Å²) in [6.45, 7) is 1.23. The summed E-state index contributed by atoms with van der Waals surface area (Å²) < 4.78 is 24.7. The number of nitrogens with two attached hydrogens (primary N) is 2. The third-order valence-electron chi connectivity index (χ3n) is 5.62. The highest BCUT2D eigenvalue weighted by Gasteiger charge is 2.38. The Kier molecular flexibility index (Phi) is 7.03. The van der Waals surface area contributed by atoms with Crippen LogP contribution in [0.4, 0.5) is 5.82 Å². The lowest BCUT2D eigenvalue weighted by Gasteiger charge is -2.20. The van der Waals surface area contributed by atoms with Crippen LogP contribution in [0.15, 0.2) is 30.9 Å². The summed E-state index contributed by atoms with van der Waals surface area (Å²) in [4.78, 5) is 34.6. The van der Waals surface area contributed by atoms with Gasteiger partial charge in [0.1, 0.15) is 29.9 Å². The van der Waals surface area contributed by atoms with Gasteiger partial charge in [0.15, 0.2) is 11.5 Å². The number of fused-ring (bicyclic) bond motifs is 1. The maximum atomic E-state index is 12.4. The standard InChI is InChI=1S/C20H26N7O7P/c1-10-4-11(2-3-13(10)28)5-12(21)20(30)26-35(31,32)33-7-15-14(29)6-16(34-15)27-9-25-17-18(22)23-8-24-19(17)27/h2-4,8-9,12,14-16,28-29H,5-7,21H2,1H3,(H2,22,23,24)(H2,26,30,31,32)/t12-,14-,15+,16+/m0/s1. The Morgan fingerprint density at radius 2 is 2.17 bits per heavy atom. The first-order chi connectivity index (χ1) is 16.5. The fourth-order valence-electron chi connectivity index (χ4n) is 3.74. The van der Waals surface area contributed by atoms with Crippen LogP contribution in [0.1, 0.15) is 23.8 Å². The minimum absolute atomic E-state index is 0.0754. The minimum atomic E-state index is -4.60. The van der Waals surface area contributed by atoms with Crippen LogP contribution in [0.5, 0.6) is 5.75 Å². The lowest BCUT2D eigenvalue weighted by atomic mass is 10.0. The number of aliphatic hydroxyl groups is 1. The number of rotatable bonds is 8. The second-order valence-corrected chi connectivity index (χ2v) is 9.76. The Morgan fingerprint density at radius 3 is 2.91 bits per heavy atom. The molecule has 1 aliphatic heterocycles. The average molecular weight is 507 g/mol. The number of phenols is 1. The van der Waals surface area contributed by atoms with Crippen LogP contribution < -0.4 is 16.6 Å². The predicted octanol–water partition coefficient (Wildman–Crippen LogP) is -0.126. The van der Waals surface area contributed by atoms with Gasteiger partial charge in [0.25, 0.3) is 0 Å². The van der Waals surface area contributed by atoms with Crippen LogP contribution in [0.3, 0.4) is 0 Å². The maximum Gasteiger partial charge on any atom is 0.432 e. The first kappa shape index (κ1) is 25.0. The number of imidazole rings is 1. The first-order valence-electron chi connectivity index (χ1n) is 10.6. The maximum absolute atomic E-state index is 12.4. The molecule has 1 saturated heterocycles. The highest BCUT2D eigenvalue weighted by Crippen LogP contribution is 2.39. The molecule has 188 valence electrons. The third kappa shape index (κ3) is 5.59. The van der Waals surface area contributed by atoms with Crippen molar-refractivity contribution in [1.82, 2.24) is 24.6 Å². The summed E-state index contributed by atoms with van der Waals surface area (Å²) >= 11 is 0. The summed E-state index contributed by atoms with van der Waals surface area (Å²) in [5.74, 6) is -0.588. The monoisotopic (exact) mass is 507 g/mol. The van der Waals surface area contributed by atoms with Crippen molar-refractivity contribution in [3.8, 4) is 5.75 Å². The Hall–Kier alpha value is -3.13. The van der Waals surface area contributed by atoms with Crippen molar-refractivity contribution < 1.29 is 33.7 Å². The molecule has 1 unspecified atom stereocenters. The molecule has 1 amide bonds. The first-order valence-corrected chi connectivity index (χ1v) is 12.2. The number of aryl methyl sites for hydroxylation is 1. The number of nitrogen functional groups attached to an aromatic ring is 1.